The number of anilines is 2. The van der Waals surface area contributed by atoms with Gasteiger partial charge in [0.1, 0.15) is 5.75 Å². The number of benzene rings is 1. The fraction of sp³-hybridized carbons (Fsp3) is 0.625. The first-order valence-corrected chi connectivity index (χ1v) is 7.34. The Morgan fingerprint density at radius 3 is 2.70 bits per heavy atom. The molecule has 1 aromatic carbocycles. The van der Waals surface area contributed by atoms with Crippen molar-refractivity contribution in [1.29, 1.82) is 0 Å². The topological polar surface area (TPSA) is 56.5 Å². The van der Waals surface area contributed by atoms with E-state index in [0.29, 0.717) is 11.1 Å². The zero-order valence-corrected chi connectivity index (χ0v) is 12.7. The molecule has 0 aromatic heterocycles. The van der Waals surface area contributed by atoms with Crippen LogP contribution in [0.15, 0.2) is 18.2 Å². The summed E-state index contributed by atoms with van der Waals surface area (Å²) < 4.78 is 10.9. The van der Waals surface area contributed by atoms with Crippen LogP contribution in [0.4, 0.5) is 11.4 Å². The molecule has 1 aromatic rings. The molecule has 4 nitrogen and oxygen atoms in total. The van der Waals surface area contributed by atoms with Crippen LogP contribution in [0.1, 0.15) is 33.1 Å². The standard InChI is InChI=1S/C16H26N2O2/c1-12(2)20-15-10-13(4-5-14(15)17)18-11-16(6-7-16)8-9-19-3/h4-5,10,12,18H,6-9,11,17H2,1-3H3. The van der Waals surface area contributed by atoms with Gasteiger partial charge in [-0.2, -0.15) is 0 Å². The van der Waals surface area contributed by atoms with Crippen molar-refractivity contribution in [3.8, 4) is 5.75 Å². The second kappa shape index (κ2) is 6.35. The highest BCUT2D eigenvalue weighted by Crippen LogP contribution is 2.48. The van der Waals surface area contributed by atoms with Gasteiger partial charge >= 0.3 is 0 Å². The lowest BCUT2D eigenvalue weighted by molar-refractivity contribution is 0.175. The summed E-state index contributed by atoms with van der Waals surface area (Å²) in [6.07, 6.45) is 3.83. The van der Waals surface area contributed by atoms with Crippen molar-refractivity contribution >= 4 is 11.4 Å². The lowest BCUT2D eigenvalue weighted by Gasteiger charge is -2.18. The summed E-state index contributed by atoms with van der Waals surface area (Å²) >= 11 is 0. The van der Waals surface area contributed by atoms with E-state index in [-0.39, 0.29) is 6.10 Å². The SMILES string of the molecule is COCCC1(CNc2ccc(N)c(OC(C)C)c2)CC1. The average molecular weight is 278 g/mol. The van der Waals surface area contributed by atoms with Crippen molar-refractivity contribution in [3.05, 3.63) is 18.2 Å². The van der Waals surface area contributed by atoms with Crippen LogP contribution in [0.25, 0.3) is 0 Å². The summed E-state index contributed by atoms with van der Waals surface area (Å²) in [6.45, 7) is 5.83. The van der Waals surface area contributed by atoms with Crippen molar-refractivity contribution in [2.45, 2.75) is 39.2 Å². The Labute approximate surface area is 121 Å². The van der Waals surface area contributed by atoms with Crippen LogP contribution >= 0.6 is 0 Å². The summed E-state index contributed by atoms with van der Waals surface area (Å²) in [5.41, 5.74) is 8.11. The first-order chi connectivity index (χ1) is 9.54. The molecule has 0 unspecified atom stereocenters. The van der Waals surface area contributed by atoms with E-state index >= 15 is 0 Å². The Kier molecular flexibility index (Phi) is 4.76. The molecule has 0 aliphatic heterocycles. The van der Waals surface area contributed by atoms with Gasteiger partial charge in [-0.15, -0.1) is 0 Å². The maximum Gasteiger partial charge on any atom is 0.144 e. The molecule has 20 heavy (non-hydrogen) atoms. The highest BCUT2D eigenvalue weighted by atomic mass is 16.5. The van der Waals surface area contributed by atoms with E-state index in [0.717, 1.165) is 31.0 Å². The molecule has 1 aliphatic rings. The second-order valence-corrected chi connectivity index (χ2v) is 6.02. The van der Waals surface area contributed by atoms with Gasteiger partial charge in [-0.25, -0.2) is 0 Å². The number of hydrogen-bond donors (Lipinski definition) is 2. The third kappa shape index (κ3) is 4.04. The van der Waals surface area contributed by atoms with Crippen LogP contribution < -0.4 is 15.8 Å². The Bertz CT molecular complexity index is 442. The minimum absolute atomic E-state index is 0.129. The molecule has 112 valence electrons. The maximum atomic E-state index is 5.93. The molecule has 2 rings (SSSR count). The molecule has 3 N–H and O–H groups in total. The van der Waals surface area contributed by atoms with Crippen LogP contribution in [0, 0.1) is 5.41 Å². The van der Waals surface area contributed by atoms with Crippen molar-refractivity contribution < 1.29 is 9.47 Å². The normalized spacial score (nSPS) is 16.2. The van der Waals surface area contributed by atoms with Crippen molar-refractivity contribution in [3.63, 3.8) is 0 Å². The Morgan fingerprint density at radius 1 is 1.35 bits per heavy atom. The number of hydrogen-bond acceptors (Lipinski definition) is 4. The van der Waals surface area contributed by atoms with Crippen molar-refractivity contribution in [2.24, 2.45) is 5.41 Å². The van der Waals surface area contributed by atoms with Crippen LogP contribution in [0.2, 0.25) is 0 Å². The van der Waals surface area contributed by atoms with E-state index in [2.05, 4.69) is 5.32 Å². The van der Waals surface area contributed by atoms with Gasteiger partial charge in [0, 0.05) is 32.0 Å². The number of methoxy groups -OCH3 is 1. The maximum absolute atomic E-state index is 5.93. The van der Waals surface area contributed by atoms with Crippen LogP contribution in [-0.2, 0) is 4.74 Å². The lowest BCUT2D eigenvalue weighted by atomic mass is 10.0. The molecule has 0 bridgehead atoms. The highest BCUT2D eigenvalue weighted by molar-refractivity contribution is 5.61. The Morgan fingerprint density at radius 2 is 2.10 bits per heavy atom. The third-order valence-corrected chi connectivity index (χ3v) is 3.84. The molecule has 4 heteroatoms. The molecule has 0 radical (unpaired) electrons. The van der Waals surface area contributed by atoms with E-state index in [1.807, 2.05) is 32.0 Å². The summed E-state index contributed by atoms with van der Waals surface area (Å²) in [5.74, 6) is 0.756. The first-order valence-electron chi connectivity index (χ1n) is 7.34. The van der Waals surface area contributed by atoms with E-state index in [1.165, 1.54) is 12.8 Å². The van der Waals surface area contributed by atoms with Crippen LogP contribution in [-0.4, -0.2) is 26.4 Å². The quantitative estimate of drug-likeness (QED) is 0.716. The molecule has 0 amide bonds. The van der Waals surface area contributed by atoms with E-state index in [1.54, 1.807) is 7.11 Å². The van der Waals surface area contributed by atoms with E-state index in [9.17, 15) is 0 Å². The van der Waals surface area contributed by atoms with Gasteiger partial charge < -0.3 is 20.5 Å². The highest BCUT2D eigenvalue weighted by Gasteiger charge is 2.41. The van der Waals surface area contributed by atoms with Crippen molar-refractivity contribution in [1.82, 2.24) is 0 Å². The molecule has 1 fully saturated rings. The number of nitrogen functional groups attached to an aromatic ring is 1. The van der Waals surface area contributed by atoms with E-state index in [4.69, 9.17) is 15.2 Å². The zero-order chi connectivity index (χ0) is 14.6. The molecule has 0 spiro atoms. The minimum atomic E-state index is 0.129. The number of nitrogens with two attached hydrogens (primary N) is 1. The molecule has 0 heterocycles. The van der Waals surface area contributed by atoms with Crippen LogP contribution in [0.5, 0.6) is 5.75 Å². The van der Waals surface area contributed by atoms with Crippen LogP contribution in [0.3, 0.4) is 0 Å². The number of ether oxygens (including phenoxy) is 2. The molecule has 1 aliphatic carbocycles. The van der Waals surface area contributed by atoms with Gasteiger partial charge in [0.25, 0.3) is 0 Å². The number of nitrogens with one attached hydrogen (secondary N) is 1. The first kappa shape index (κ1) is 15.0. The zero-order valence-electron chi connectivity index (χ0n) is 12.7. The van der Waals surface area contributed by atoms with Gasteiger partial charge in [0.05, 0.1) is 11.8 Å². The summed E-state index contributed by atoms with van der Waals surface area (Å²) in [4.78, 5) is 0. The third-order valence-electron chi connectivity index (χ3n) is 3.84. The van der Waals surface area contributed by atoms with Gasteiger partial charge in [0.2, 0.25) is 0 Å². The molecular weight excluding hydrogens is 252 g/mol. The average Bonchev–Trinajstić information content (AvgIpc) is 3.17. The molecular formula is C16H26N2O2. The monoisotopic (exact) mass is 278 g/mol. The summed E-state index contributed by atoms with van der Waals surface area (Å²) in [6, 6.07) is 5.89. The van der Waals surface area contributed by atoms with Gasteiger partial charge in [0.15, 0.2) is 0 Å². The number of rotatable bonds is 8. The van der Waals surface area contributed by atoms with Gasteiger partial charge in [-0.1, -0.05) is 0 Å². The predicted octanol–water partition coefficient (Wildman–Crippen LogP) is 3.28. The molecule has 0 saturated heterocycles. The van der Waals surface area contributed by atoms with Crippen molar-refractivity contribution in [2.75, 3.05) is 31.3 Å². The molecule has 1 saturated carbocycles. The van der Waals surface area contributed by atoms with Gasteiger partial charge in [-0.3, -0.25) is 0 Å². The van der Waals surface area contributed by atoms with Gasteiger partial charge in [-0.05, 0) is 50.7 Å². The summed E-state index contributed by atoms with van der Waals surface area (Å²) in [7, 11) is 1.76. The summed E-state index contributed by atoms with van der Waals surface area (Å²) in [5, 5.41) is 3.51. The largest absolute Gasteiger partial charge is 0.489 e. The predicted molar refractivity (Wildman–Crippen MR) is 83.3 cm³/mol. The minimum Gasteiger partial charge on any atom is -0.489 e. The fourth-order valence-corrected chi connectivity index (χ4v) is 2.30. The smallest absolute Gasteiger partial charge is 0.144 e. The second-order valence-electron chi connectivity index (χ2n) is 6.02. The lowest BCUT2D eigenvalue weighted by Crippen LogP contribution is -2.17. The van der Waals surface area contributed by atoms with E-state index < -0.39 is 0 Å². The fourth-order valence-electron chi connectivity index (χ4n) is 2.30. The Hall–Kier alpha value is -1.42. The molecule has 0 atom stereocenters. The Balaban J connectivity index is 1.93.